The van der Waals surface area contributed by atoms with E-state index in [4.69, 9.17) is 5.73 Å². The molecule has 0 aliphatic heterocycles. The van der Waals surface area contributed by atoms with Gasteiger partial charge in [-0.3, -0.25) is 4.79 Å². The van der Waals surface area contributed by atoms with Crippen molar-refractivity contribution in [3.8, 4) is 0 Å². The summed E-state index contributed by atoms with van der Waals surface area (Å²) in [6.07, 6.45) is -2.65. The average Bonchev–Trinajstić information content (AvgIpc) is 2.11. The first-order chi connectivity index (χ1) is 6.83. The van der Waals surface area contributed by atoms with Crippen LogP contribution in [0.1, 0.15) is 32.6 Å². The molecule has 0 saturated carbocycles. The smallest absolute Gasteiger partial charge is 0.370 e. The molecule has 3 nitrogen and oxygen atoms in total. The van der Waals surface area contributed by atoms with Crippen LogP contribution < -0.4 is 5.73 Å². The van der Waals surface area contributed by atoms with E-state index in [1.165, 1.54) is 0 Å². The lowest BCUT2D eigenvalue weighted by atomic mass is 10.2. The van der Waals surface area contributed by atoms with E-state index < -0.39 is 12.6 Å². The summed E-state index contributed by atoms with van der Waals surface area (Å²) in [5.74, 6) is -0.578. The second-order valence-corrected chi connectivity index (χ2v) is 3.40. The van der Waals surface area contributed by atoms with Gasteiger partial charge < -0.3 is 5.73 Å². The first kappa shape index (κ1) is 16.7. The summed E-state index contributed by atoms with van der Waals surface area (Å²) >= 11 is -0.0415. The molecule has 0 aromatic carbocycles. The number of amides is 1. The molecule has 0 aliphatic rings. The maximum absolute atomic E-state index is 11.1. The monoisotopic (exact) mass is 246 g/mol. The first-order valence-corrected chi connectivity index (χ1v) is 5.34. The molecule has 0 atom stereocenters. The van der Waals surface area contributed by atoms with Crippen LogP contribution in [0, 0.1) is 0 Å². The van der Waals surface area contributed by atoms with Crippen molar-refractivity contribution in [2.45, 2.75) is 38.8 Å². The Kier molecular flexibility index (Phi) is 10.9. The number of hydrogen-bond acceptors (Lipinski definition) is 2. The Hall–Kier alpha value is -0.720. The number of hydrogen-bond donors (Lipinski definition) is 1. The molecule has 0 saturated heterocycles. The number of carbonyl (C=O) groups is 1. The van der Waals surface area contributed by atoms with Gasteiger partial charge in [-0.15, -0.1) is 0 Å². The molecule has 0 radical (unpaired) electrons. The zero-order valence-corrected chi connectivity index (χ0v) is 9.29. The molecule has 0 aromatic rings. The summed E-state index contributed by atoms with van der Waals surface area (Å²) < 4.78 is 42.7. The molecular formula is C8H15F3NO2S+. The fraction of sp³-hybridized carbons (Fsp3) is 0.875. The van der Waals surface area contributed by atoms with E-state index in [0.717, 1.165) is 12.8 Å². The molecule has 0 heterocycles. The maximum atomic E-state index is 11.1. The van der Waals surface area contributed by atoms with Crippen LogP contribution in [0.25, 0.3) is 0 Å². The van der Waals surface area contributed by atoms with Crippen LogP contribution in [0.15, 0.2) is 0 Å². The molecule has 0 aliphatic carbocycles. The third kappa shape index (κ3) is 24.6. The van der Waals surface area contributed by atoms with Gasteiger partial charge in [0, 0.05) is 10.6 Å². The van der Waals surface area contributed by atoms with Gasteiger partial charge in [-0.05, 0) is 6.42 Å². The number of rotatable bonds is 5. The number of primary amides is 1. The highest BCUT2D eigenvalue weighted by Crippen LogP contribution is 2.18. The first-order valence-electron chi connectivity index (χ1n) is 4.43. The van der Waals surface area contributed by atoms with Gasteiger partial charge >= 0.3 is 17.8 Å². The molecule has 1 amide bonds. The largest absolute Gasteiger partial charge is 0.459 e. The quantitative estimate of drug-likeness (QED) is 0.754. The number of alkyl halides is 3. The summed E-state index contributed by atoms with van der Waals surface area (Å²) in [6.45, 7) is 2.03. The predicted molar refractivity (Wildman–Crippen MR) is 52.3 cm³/mol. The second-order valence-electron chi connectivity index (χ2n) is 2.76. The summed E-state index contributed by atoms with van der Waals surface area (Å²) in [6, 6.07) is 0. The van der Waals surface area contributed by atoms with E-state index in [2.05, 4.69) is 0 Å². The third-order valence-corrected chi connectivity index (χ3v) is 1.62. The van der Waals surface area contributed by atoms with Crippen molar-refractivity contribution < 1.29 is 22.2 Å². The highest BCUT2D eigenvalue weighted by atomic mass is 32.1. The van der Waals surface area contributed by atoms with Crippen molar-refractivity contribution in [1.82, 2.24) is 0 Å². The molecule has 0 rings (SSSR count). The average molecular weight is 246 g/mol. The third-order valence-electron chi connectivity index (χ3n) is 1.25. The van der Waals surface area contributed by atoms with Crippen LogP contribution in [0.5, 0.6) is 0 Å². The van der Waals surface area contributed by atoms with Crippen LogP contribution in [0.2, 0.25) is 0 Å². The highest BCUT2D eigenvalue weighted by Gasteiger charge is 2.29. The molecule has 90 valence electrons. The van der Waals surface area contributed by atoms with Gasteiger partial charge in [0.25, 0.3) is 0 Å². The van der Waals surface area contributed by atoms with Gasteiger partial charge in [-0.2, -0.15) is 13.2 Å². The van der Waals surface area contributed by atoms with E-state index in [9.17, 15) is 22.2 Å². The lowest BCUT2D eigenvalue weighted by Crippen LogP contribution is -2.09. The topological polar surface area (TPSA) is 60.2 Å². The van der Waals surface area contributed by atoms with Crippen molar-refractivity contribution in [3.05, 3.63) is 0 Å². The Morgan fingerprint density at radius 1 is 1.40 bits per heavy atom. The SMILES string of the molecule is CCCCC(N)=O.O=[S+]CCC(F)(F)F. The summed E-state index contributed by atoms with van der Waals surface area (Å²) in [4.78, 5) is 9.98. The molecular weight excluding hydrogens is 231 g/mol. The summed E-state index contributed by atoms with van der Waals surface area (Å²) in [7, 11) is 0. The van der Waals surface area contributed by atoms with E-state index in [0.29, 0.717) is 6.42 Å². The fourth-order valence-corrected chi connectivity index (χ4v) is 0.823. The van der Waals surface area contributed by atoms with Crippen LogP contribution in [0.3, 0.4) is 0 Å². The van der Waals surface area contributed by atoms with Crippen molar-refractivity contribution >= 4 is 17.6 Å². The fourth-order valence-electron chi connectivity index (χ4n) is 0.508. The van der Waals surface area contributed by atoms with Gasteiger partial charge in [-0.1, -0.05) is 13.3 Å². The predicted octanol–water partition coefficient (Wildman–Crippen LogP) is 2.03. The minimum absolute atomic E-state index is 0.0415. The Bertz CT molecular complexity index is 185. The Balaban J connectivity index is 0. The second kappa shape index (κ2) is 9.82. The van der Waals surface area contributed by atoms with Crippen LogP contribution >= 0.6 is 0 Å². The molecule has 2 N–H and O–H groups in total. The molecule has 15 heavy (non-hydrogen) atoms. The molecule has 0 aromatic heterocycles. The Morgan fingerprint density at radius 3 is 2.07 bits per heavy atom. The zero-order chi connectivity index (χ0) is 12.3. The van der Waals surface area contributed by atoms with Crippen molar-refractivity contribution in [1.29, 1.82) is 0 Å². The minimum Gasteiger partial charge on any atom is -0.370 e. The highest BCUT2D eigenvalue weighted by molar-refractivity contribution is 7.65. The van der Waals surface area contributed by atoms with E-state index in [1.54, 1.807) is 0 Å². The molecule has 7 heteroatoms. The Morgan fingerprint density at radius 2 is 1.93 bits per heavy atom. The van der Waals surface area contributed by atoms with Crippen LogP contribution in [-0.2, 0) is 20.7 Å². The molecule has 0 spiro atoms. The van der Waals surface area contributed by atoms with Gasteiger partial charge in [-0.25, -0.2) is 0 Å². The zero-order valence-electron chi connectivity index (χ0n) is 8.47. The maximum Gasteiger partial charge on any atom is 0.459 e. The van der Waals surface area contributed by atoms with E-state index >= 15 is 0 Å². The minimum atomic E-state index is -4.17. The van der Waals surface area contributed by atoms with Crippen LogP contribution in [0.4, 0.5) is 13.2 Å². The van der Waals surface area contributed by atoms with E-state index in [-0.39, 0.29) is 23.3 Å². The standard InChI is InChI=1S/C5H11NO.C3H4F3OS/c1-2-3-4-5(6)7;4-3(5,6)1-2-8-7/h2-4H2,1H3,(H2,6,7);1-2H2/q;+1. The lowest BCUT2D eigenvalue weighted by molar-refractivity contribution is -0.129. The summed E-state index contributed by atoms with van der Waals surface area (Å²) in [5, 5.41) is 0. The number of nitrogens with two attached hydrogens (primary N) is 1. The summed E-state index contributed by atoms with van der Waals surface area (Å²) in [5.41, 5.74) is 4.84. The normalized spacial score (nSPS) is 10.1. The number of halogens is 3. The number of carbonyl (C=O) groups excluding carboxylic acids is 1. The van der Waals surface area contributed by atoms with Crippen molar-refractivity contribution in [3.63, 3.8) is 0 Å². The molecule has 0 bridgehead atoms. The number of unbranched alkanes of at least 4 members (excludes halogenated alkanes) is 1. The van der Waals surface area contributed by atoms with Gasteiger partial charge in [0.1, 0.15) is 6.42 Å². The molecule has 0 fully saturated rings. The van der Waals surface area contributed by atoms with Gasteiger partial charge in [0.2, 0.25) is 11.7 Å². The van der Waals surface area contributed by atoms with Gasteiger partial charge in [0.15, 0.2) is 0 Å². The lowest BCUT2D eigenvalue weighted by Gasteiger charge is -1.96. The molecule has 0 unspecified atom stereocenters. The van der Waals surface area contributed by atoms with Crippen molar-refractivity contribution in [2.75, 3.05) is 5.75 Å². The van der Waals surface area contributed by atoms with Gasteiger partial charge in [0.05, 0.1) is 0 Å². The van der Waals surface area contributed by atoms with Crippen molar-refractivity contribution in [2.24, 2.45) is 5.73 Å². The van der Waals surface area contributed by atoms with E-state index in [1.807, 2.05) is 6.92 Å². The van der Waals surface area contributed by atoms with Crippen LogP contribution in [-0.4, -0.2) is 17.8 Å². The Labute approximate surface area is 90.7 Å².